The monoisotopic (exact) mass is 288 g/mol. The molecule has 0 bridgehead atoms. The van der Waals surface area contributed by atoms with Crippen molar-refractivity contribution in [3.63, 3.8) is 0 Å². The molecule has 1 atom stereocenters. The van der Waals surface area contributed by atoms with E-state index in [0.29, 0.717) is 22.7 Å². The molecule has 2 rings (SSSR count). The Balaban J connectivity index is 1.67. The van der Waals surface area contributed by atoms with Crippen LogP contribution in [0.3, 0.4) is 0 Å². The van der Waals surface area contributed by atoms with E-state index in [4.69, 9.17) is 33.7 Å². The lowest BCUT2D eigenvalue weighted by Crippen LogP contribution is -2.28. The van der Waals surface area contributed by atoms with Crippen LogP contribution in [0.5, 0.6) is 5.75 Å². The molecule has 1 aliphatic heterocycles. The fourth-order valence-electron chi connectivity index (χ4n) is 2.11. The predicted molar refractivity (Wildman–Crippen MR) is 75.6 cm³/mol. The lowest BCUT2D eigenvalue weighted by molar-refractivity contribution is 0.262. The first-order valence-electron chi connectivity index (χ1n) is 6.21. The zero-order chi connectivity index (χ0) is 13.0. The van der Waals surface area contributed by atoms with Gasteiger partial charge in [0, 0.05) is 25.2 Å². The van der Waals surface area contributed by atoms with Crippen molar-refractivity contribution in [2.45, 2.75) is 18.9 Å². The van der Waals surface area contributed by atoms with Crippen molar-refractivity contribution in [2.75, 3.05) is 26.2 Å². The Hall–Kier alpha value is -0.480. The fraction of sp³-hybridized carbons (Fsp3) is 0.538. The first kappa shape index (κ1) is 13.9. The van der Waals surface area contributed by atoms with Crippen LogP contribution >= 0.6 is 23.2 Å². The standard InChI is InChI=1S/C13H18Cl2N2O/c14-12-3-2-11(8-13(12)15)18-7-1-5-17-6-4-10(16)9-17/h2-3,8,10H,1,4-7,9,16H2/t10-/m0/s1. The Morgan fingerprint density at radius 1 is 1.33 bits per heavy atom. The highest BCUT2D eigenvalue weighted by molar-refractivity contribution is 6.42. The van der Waals surface area contributed by atoms with Crippen LogP contribution in [0.15, 0.2) is 18.2 Å². The molecule has 0 saturated carbocycles. The minimum atomic E-state index is 0.348. The zero-order valence-corrected chi connectivity index (χ0v) is 11.8. The first-order valence-corrected chi connectivity index (χ1v) is 6.96. The van der Waals surface area contributed by atoms with Gasteiger partial charge in [0.25, 0.3) is 0 Å². The van der Waals surface area contributed by atoms with Crippen molar-refractivity contribution in [3.8, 4) is 5.75 Å². The molecule has 1 fully saturated rings. The number of nitrogens with zero attached hydrogens (tertiary/aromatic N) is 1. The highest BCUT2D eigenvalue weighted by Crippen LogP contribution is 2.26. The van der Waals surface area contributed by atoms with Crippen LogP contribution in [0.25, 0.3) is 0 Å². The van der Waals surface area contributed by atoms with Gasteiger partial charge in [-0.2, -0.15) is 0 Å². The van der Waals surface area contributed by atoms with Crippen molar-refractivity contribution in [2.24, 2.45) is 5.73 Å². The molecule has 18 heavy (non-hydrogen) atoms. The van der Waals surface area contributed by atoms with Gasteiger partial charge in [0.05, 0.1) is 16.7 Å². The number of benzene rings is 1. The Bertz CT molecular complexity index is 401. The van der Waals surface area contributed by atoms with Crippen molar-refractivity contribution in [1.82, 2.24) is 4.90 Å². The summed E-state index contributed by atoms with van der Waals surface area (Å²) in [5.41, 5.74) is 5.85. The van der Waals surface area contributed by atoms with E-state index in [1.54, 1.807) is 12.1 Å². The quantitative estimate of drug-likeness (QED) is 0.847. The van der Waals surface area contributed by atoms with E-state index in [0.717, 1.165) is 38.2 Å². The van der Waals surface area contributed by atoms with Gasteiger partial charge in [0.1, 0.15) is 5.75 Å². The zero-order valence-electron chi connectivity index (χ0n) is 10.2. The Labute approximate surface area is 118 Å². The number of nitrogens with two attached hydrogens (primary N) is 1. The molecule has 0 radical (unpaired) electrons. The molecule has 1 aliphatic rings. The smallest absolute Gasteiger partial charge is 0.120 e. The van der Waals surface area contributed by atoms with Crippen LogP contribution in [0.1, 0.15) is 12.8 Å². The normalized spacial score (nSPS) is 20.3. The highest BCUT2D eigenvalue weighted by atomic mass is 35.5. The maximum absolute atomic E-state index is 5.91. The SMILES string of the molecule is N[C@H]1CCN(CCCOc2ccc(Cl)c(Cl)c2)C1. The second-order valence-corrected chi connectivity index (χ2v) is 5.44. The number of ether oxygens (including phenoxy) is 1. The molecule has 0 spiro atoms. The minimum absolute atomic E-state index is 0.348. The molecule has 3 nitrogen and oxygen atoms in total. The minimum Gasteiger partial charge on any atom is -0.493 e. The molecule has 1 saturated heterocycles. The number of halogens is 2. The van der Waals surface area contributed by atoms with E-state index >= 15 is 0 Å². The maximum Gasteiger partial charge on any atom is 0.120 e. The summed E-state index contributed by atoms with van der Waals surface area (Å²) in [7, 11) is 0. The fourth-order valence-corrected chi connectivity index (χ4v) is 2.40. The Morgan fingerprint density at radius 3 is 2.83 bits per heavy atom. The summed E-state index contributed by atoms with van der Waals surface area (Å²) in [6, 6.07) is 5.68. The van der Waals surface area contributed by atoms with Gasteiger partial charge in [0.2, 0.25) is 0 Å². The highest BCUT2D eigenvalue weighted by Gasteiger charge is 2.17. The number of rotatable bonds is 5. The summed E-state index contributed by atoms with van der Waals surface area (Å²) in [5.74, 6) is 0.766. The van der Waals surface area contributed by atoms with Gasteiger partial charge < -0.3 is 15.4 Å². The van der Waals surface area contributed by atoms with Crippen LogP contribution in [-0.2, 0) is 0 Å². The third-order valence-electron chi connectivity index (χ3n) is 3.09. The summed E-state index contributed by atoms with van der Waals surface area (Å²) in [6.45, 7) is 3.83. The molecule has 0 aliphatic carbocycles. The van der Waals surface area contributed by atoms with Crippen LogP contribution in [0.2, 0.25) is 10.0 Å². The summed E-state index contributed by atoms with van der Waals surface area (Å²) in [4.78, 5) is 2.38. The van der Waals surface area contributed by atoms with Gasteiger partial charge in [-0.1, -0.05) is 23.2 Å². The van der Waals surface area contributed by atoms with Crippen LogP contribution in [0, 0.1) is 0 Å². The molecule has 100 valence electrons. The van der Waals surface area contributed by atoms with Crippen LogP contribution in [-0.4, -0.2) is 37.2 Å². The maximum atomic E-state index is 5.91. The average molecular weight is 289 g/mol. The summed E-state index contributed by atoms with van der Waals surface area (Å²) >= 11 is 11.7. The molecule has 5 heteroatoms. The second kappa shape index (κ2) is 6.62. The van der Waals surface area contributed by atoms with Gasteiger partial charge in [-0.3, -0.25) is 0 Å². The molecule has 1 aromatic carbocycles. The number of hydrogen-bond acceptors (Lipinski definition) is 3. The topological polar surface area (TPSA) is 38.5 Å². The Kier molecular flexibility index (Phi) is 5.13. The van der Waals surface area contributed by atoms with Gasteiger partial charge in [-0.25, -0.2) is 0 Å². The lowest BCUT2D eigenvalue weighted by Gasteiger charge is -2.15. The van der Waals surface area contributed by atoms with E-state index in [9.17, 15) is 0 Å². The van der Waals surface area contributed by atoms with E-state index in [1.165, 1.54) is 0 Å². The third kappa shape index (κ3) is 4.02. The van der Waals surface area contributed by atoms with Gasteiger partial charge in [-0.05, 0) is 31.5 Å². The molecule has 0 amide bonds. The van der Waals surface area contributed by atoms with Crippen molar-refractivity contribution in [3.05, 3.63) is 28.2 Å². The predicted octanol–water partition coefficient (Wildman–Crippen LogP) is 2.80. The van der Waals surface area contributed by atoms with E-state index in [1.807, 2.05) is 6.07 Å². The average Bonchev–Trinajstić information content (AvgIpc) is 2.75. The van der Waals surface area contributed by atoms with E-state index in [2.05, 4.69) is 4.90 Å². The largest absolute Gasteiger partial charge is 0.493 e. The van der Waals surface area contributed by atoms with Gasteiger partial charge in [-0.15, -0.1) is 0 Å². The van der Waals surface area contributed by atoms with Crippen LogP contribution < -0.4 is 10.5 Å². The third-order valence-corrected chi connectivity index (χ3v) is 3.83. The molecular weight excluding hydrogens is 271 g/mol. The summed E-state index contributed by atoms with van der Waals surface area (Å²) in [6.07, 6.45) is 2.10. The first-order chi connectivity index (χ1) is 8.65. The molecule has 0 unspecified atom stereocenters. The molecular formula is C13H18Cl2N2O. The van der Waals surface area contributed by atoms with Crippen molar-refractivity contribution in [1.29, 1.82) is 0 Å². The number of hydrogen-bond donors (Lipinski definition) is 1. The van der Waals surface area contributed by atoms with Gasteiger partial charge in [0.15, 0.2) is 0 Å². The lowest BCUT2D eigenvalue weighted by atomic mass is 10.3. The summed E-state index contributed by atoms with van der Waals surface area (Å²) < 4.78 is 5.63. The second-order valence-electron chi connectivity index (χ2n) is 4.63. The summed E-state index contributed by atoms with van der Waals surface area (Å²) in [5, 5.41) is 1.08. The molecule has 1 heterocycles. The number of likely N-dealkylation sites (tertiary alicyclic amines) is 1. The van der Waals surface area contributed by atoms with Crippen molar-refractivity contribution < 1.29 is 4.74 Å². The van der Waals surface area contributed by atoms with Crippen molar-refractivity contribution >= 4 is 23.2 Å². The molecule has 1 aromatic rings. The molecule has 0 aromatic heterocycles. The van der Waals surface area contributed by atoms with Crippen LogP contribution in [0.4, 0.5) is 0 Å². The van der Waals surface area contributed by atoms with E-state index < -0.39 is 0 Å². The Morgan fingerprint density at radius 2 is 2.17 bits per heavy atom. The van der Waals surface area contributed by atoms with E-state index in [-0.39, 0.29) is 0 Å². The van der Waals surface area contributed by atoms with Gasteiger partial charge >= 0.3 is 0 Å². The molecule has 2 N–H and O–H groups in total.